The largest absolute Gasteiger partial charge is 0.293 e. The molecule has 0 heterocycles. The molecular formula is C12H16OS. The van der Waals surface area contributed by atoms with Crippen LogP contribution in [0.15, 0.2) is 30.3 Å². The molecule has 0 radical (unpaired) electrons. The van der Waals surface area contributed by atoms with Gasteiger partial charge in [-0.25, -0.2) is 0 Å². The van der Waals surface area contributed by atoms with E-state index in [-0.39, 0.29) is 11.0 Å². The van der Waals surface area contributed by atoms with Gasteiger partial charge in [0.05, 0.1) is 5.25 Å². The Bertz CT molecular complexity index is 282. The normalized spacial score (nSPS) is 12.4. The third kappa shape index (κ3) is 2.88. The van der Waals surface area contributed by atoms with Crippen LogP contribution in [0.25, 0.3) is 0 Å². The van der Waals surface area contributed by atoms with Crippen LogP contribution in [0.4, 0.5) is 0 Å². The lowest BCUT2D eigenvalue weighted by Crippen LogP contribution is -2.16. The highest BCUT2D eigenvalue weighted by atomic mass is 32.2. The van der Waals surface area contributed by atoms with Gasteiger partial charge in [-0.3, -0.25) is 4.79 Å². The number of benzene rings is 1. The van der Waals surface area contributed by atoms with Crippen LogP contribution in [-0.2, 0) is 0 Å². The second kappa shape index (κ2) is 5.86. The molecular weight excluding hydrogens is 192 g/mol. The van der Waals surface area contributed by atoms with Crippen molar-refractivity contribution in [3.8, 4) is 0 Å². The highest BCUT2D eigenvalue weighted by Crippen LogP contribution is 2.19. The molecule has 0 spiro atoms. The molecule has 0 saturated carbocycles. The van der Waals surface area contributed by atoms with Crippen molar-refractivity contribution in [2.75, 3.05) is 5.75 Å². The maximum absolute atomic E-state index is 11.9. The smallest absolute Gasteiger partial charge is 0.175 e. The number of rotatable bonds is 5. The van der Waals surface area contributed by atoms with Crippen LogP contribution < -0.4 is 0 Å². The van der Waals surface area contributed by atoms with E-state index in [1.165, 1.54) is 0 Å². The minimum Gasteiger partial charge on any atom is -0.293 e. The van der Waals surface area contributed by atoms with Gasteiger partial charge in [0.1, 0.15) is 0 Å². The summed E-state index contributed by atoms with van der Waals surface area (Å²) in [7, 11) is 0. The second-order valence-corrected chi connectivity index (χ2v) is 4.56. The maximum atomic E-state index is 11.9. The van der Waals surface area contributed by atoms with Crippen molar-refractivity contribution in [3.63, 3.8) is 0 Å². The standard InChI is InChI=1S/C12H16OS/c1-3-11(14-4-2)12(13)10-8-6-5-7-9-10/h5-9,11H,3-4H2,1-2H3. The lowest BCUT2D eigenvalue weighted by molar-refractivity contribution is 0.0988. The molecule has 1 unspecified atom stereocenters. The van der Waals surface area contributed by atoms with Crippen LogP contribution in [0.3, 0.4) is 0 Å². The Kier molecular flexibility index (Phi) is 4.74. The molecule has 0 saturated heterocycles. The zero-order valence-electron chi connectivity index (χ0n) is 8.69. The predicted octanol–water partition coefficient (Wildman–Crippen LogP) is 3.40. The zero-order chi connectivity index (χ0) is 10.4. The van der Waals surface area contributed by atoms with E-state index in [4.69, 9.17) is 0 Å². The van der Waals surface area contributed by atoms with Crippen LogP contribution in [0.2, 0.25) is 0 Å². The molecule has 1 atom stereocenters. The average Bonchev–Trinajstić information content (AvgIpc) is 2.26. The topological polar surface area (TPSA) is 17.1 Å². The van der Waals surface area contributed by atoms with Gasteiger partial charge >= 0.3 is 0 Å². The second-order valence-electron chi connectivity index (χ2n) is 3.08. The summed E-state index contributed by atoms with van der Waals surface area (Å²) in [5.74, 6) is 1.26. The molecule has 2 heteroatoms. The van der Waals surface area contributed by atoms with Crippen LogP contribution in [-0.4, -0.2) is 16.8 Å². The molecule has 14 heavy (non-hydrogen) atoms. The molecule has 0 N–H and O–H groups in total. The van der Waals surface area contributed by atoms with Crippen molar-refractivity contribution >= 4 is 17.5 Å². The van der Waals surface area contributed by atoms with Crippen molar-refractivity contribution in [2.45, 2.75) is 25.5 Å². The SMILES string of the molecule is CCSC(CC)C(=O)c1ccccc1. The van der Waals surface area contributed by atoms with Gasteiger partial charge in [0, 0.05) is 5.56 Å². The van der Waals surface area contributed by atoms with E-state index in [9.17, 15) is 4.79 Å². The highest BCUT2D eigenvalue weighted by molar-refractivity contribution is 8.00. The molecule has 0 amide bonds. The predicted molar refractivity (Wildman–Crippen MR) is 63.0 cm³/mol. The first kappa shape index (κ1) is 11.3. The molecule has 1 rings (SSSR count). The Hall–Kier alpha value is -0.760. The quantitative estimate of drug-likeness (QED) is 0.690. The Labute approximate surface area is 89.9 Å². The molecule has 0 fully saturated rings. The van der Waals surface area contributed by atoms with E-state index >= 15 is 0 Å². The molecule has 0 aliphatic heterocycles. The van der Waals surface area contributed by atoms with Gasteiger partial charge in [-0.1, -0.05) is 44.2 Å². The van der Waals surface area contributed by atoms with Crippen LogP contribution in [0, 0.1) is 0 Å². The first-order valence-corrected chi connectivity index (χ1v) is 6.05. The molecule has 0 bridgehead atoms. The summed E-state index contributed by atoms with van der Waals surface area (Å²) in [5, 5.41) is 0.127. The molecule has 1 aromatic rings. The molecule has 0 aliphatic carbocycles. The molecule has 0 aromatic heterocycles. The van der Waals surface area contributed by atoms with Crippen LogP contribution >= 0.6 is 11.8 Å². The lowest BCUT2D eigenvalue weighted by atomic mass is 10.1. The summed E-state index contributed by atoms with van der Waals surface area (Å²) in [5.41, 5.74) is 0.834. The fraction of sp³-hybridized carbons (Fsp3) is 0.417. The Morgan fingerprint density at radius 3 is 2.43 bits per heavy atom. The minimum absolute atomic E-state index is 0.127. The first-order valence-electron chi connectivity index (χ1n) is 5.00. The third-order valence-corrected chi connectivity index (χ3v) is 3.37. The Morgan fingerprint density at radius 1 is 1.29 bits per heavy atom. The Morgan fingerprint density at radius 2 is 1.93 bits per heavy atom. The number of carbonyl (C=O) groups excluding carboxylic acids is 1. The van der Waals surface area contributed by atoms with Gasteiger partial charge in [0.2, 0.25) is 0 Å². The summed E-state index contributed by atoms with van der Waals surface area (Å²) in [6.07, 6.45) is 0.909. The monoisotopic (exact) mass is 208 g/mol. The van der Waals surface area contributed by atoms with E-state index in [1.807, 2.05) is 30.3 Å². The number of hydrogen-bond acceptors (Lipinski definition) is 2. The van der Waals surface area contributed by atoms with Gasteiger partial charge in [-0.05, 0) is 12.2 Å². The summed E-state index contributed by atoms with van der Waals surface area (Å²) in [6, 6.07) is 9.54. The van der Waals surface area contributed by atoms with E-state index < -0.39 is 0 Å². The number of thioether (sulfide) groups is 1. The zero-order valence-corrected chi connectivity index (χ0v) is 9.51. The maximum Gasteiger partial charge on any atom is 0.175 e. The van der Waals surface area contributed by atoms with E-state index in [0.29, 0.717) is 0 Å². The summed E-state index contributed by atoms with van der Waals surface area (Å²) in [4.78, 5) is 11.9. The van der Waals surface area contributed by atoms with Gasteiger partial charge in [0.25, 0.3) is 0 Å². The van der Waals surface area contributed by atoms with Crippen molar-refractivity contribution in [2.24, 2.45) is 0 Å². The van der Waals surface area contributed by atoms with Crippen molar-refractivity contribution in [1.82, 2.24) is 0 Å². The van der Waals surface area contributed by atoms with Crippen molar-refractivity contribution in [1.29, 1.82) is 0 Å². The average molecular weight is 208 g/mol. The van der Waals surface area contributed by atoms with Gasteiger partial charge in [0.15, 0.2) is 5.78 Å². The van der Waals surface area contributed by atoms with Crippen LogP contribution in [0.5, 0.6) is 0 Å². The van der Waals surface area contributed by atoms with Gasteiger partial charge in [-0.2, -0.15) is 11.8 Å². The number of ketones is 1. The molecule has 76 valence electrons. The van der Waals surface area contributed by atoms with Crippen LogP contribution in [0.1, 0.15) is 30.6 Å². The van der Waals surface area contributed by atoms with Gasteiger partial charge in [-0.15, -0.1) is 0 Å². The van der Waals surface area contributed by atoms with E-state index in [2.05, 4.69) is 13.8 Å². The number of Topliss-reactive ketones (excluding diaryl/α,β-unsaturated/α-hetero) is 1. The summed E-state index contributed by atoms with van der Waals surface area (Å²) in [6.45, 7) is 4.15. The minimum atomic E-state index is 0.127. The first-order chi connectivity index (χ1) is 6.79. The third-order valence-electron chi connectivity index (χ3n) is 2.09. The summed E-state index contributed by atoms with van der Waals surface area (Å²) < 4.78 is 0. The summed E-state index contributed by atoms with van der Waals surface area (Å²) >= 11 is 1.73. The fourth-order valence-corrected chi connectivity index (χ4v) is 2.29. The fourth-order valence-electron chi connectivity index (χ4n) is 1.37. The molecule has 1 aromatic carbocycles. The number of carbonyl (C=O) groups is 1. The molecule has 1 nitrogen and oxygen atoms in total. The highest BCUT2D eigenvalue weighted by Gasteiger charge is 2.17. The molecule has 0 aliphatic rings. The lowest BCUT2D eigenvalue weighted by Gasteiger charge is -2.11. The van der Waals surface area contributed by atoms with Crippen molar-refractivity contribution < 1.29 is 4.79 Å². The van der Waals surface area contributed by atoms with Crippen molar-refractivity contribution in [3.05, 3.63) is 35.9 Å². The Balaban J connectivity index is 2.73. The van der Waals surface area contributed by atoms with Gasteiger partial charge < -0.3 is 0 Å². The van der Waals surface area contributed by atoms with E-state index in [1.54, 1.807) is 11.8 Å². The van der Waals surface area contributed by atoms with E-state index in [0.717, 1.165) is 17.7 Å². The number of hydrogen-bond donors (Lipinski definition) is 0.